The average molecular weight is 261 g/mol. The van der Waals surface area contributed by atoms with Crippen LogP contribution in [-0.4, -0.2) is 43.3 Å². The van der Waals surface area contributed by atoms with Gasteiger partial charge in [0.2, 0.25) is 0 Å². The van der Waals surface area contributed by atoms with Gasteiger partial charge in [-0.1, -0.05) is 30.3 Å². The van der Waals surface area contributed by atoms with Gasteiger partial charge in [0.05, 0.1) is 19.3 Å². The number of morpholine rings is 1. The number of nitrogens with zero attached hydrogens (tertiary/aromatic N) is 1. The molecule has 0 bridgehead atoms. The van der Waals surface area contributed by atoms with E-state index in [2.05, 4.69) is 12.1 Å². The molecule has 0 saturated carbocycles. The van der Waals surface area contributed by atoms with Crippen molar-refractivity contribution in [2.75, 3.05) is 26.4 Å². The van der Waals surface area contributed by atoms with Crippen molar-refractivity contribution in [3.8, 4) is 0 Å². The smallest absolute Gasteiger partial charge is 0.252 e. The van der Waals surface area contributed by atoms with E-state index in [0.717, 1.165) is 18.4 Å². The molecule has 0 aromatic heterocycles. The van der Waals surface area contributed by atoms with E-state index in [4.69, 9.17) is 9.47 Å². The van der Waals surface area contributed by atoms with Gasteiger partial charge in [-0.2, -0.15) is 0 Å². The standard InChI is InChI=1S/C15H19NO3/c17-15(14-7-4-9-19-14)16-8-10-18-11-13(16)12-5-2-1-3-6-12/h1-3,5-6,13-14H,4,7-11H2. The maximum atomic E-state index is 12.5. The summed E-state index contributed by atoms with van der Waals surface area (Å²) in [4.78, 5) is 14.5. The summed E-state index contributed by atoms with van der Waals surface area (Å²) in [5.74, 6) is 0.120. The number of amides is 1. The first-order chi connectivity index (χ1) is 9.36. The number of carbonyl (C=O) groups excluding carboxylic acids is 1. The van der Waals surface area contributed by atoms with Gasteiger partial charge in [-0.15, -0.1) is 0 Å². The Morgan fingerprint density at radius 3 is 2.79 bits per heavy atom. The van der Waals surface area contributed by atoms with E-state index in [0.29, 0.717) is 26.4 Å². The summed E-state index contributed by atoms with van der Waals surface area (Å²) in [6, 6.07) is 10.1. The van der Waals surface area contributed by atoms with Crippen molar-refractivity contribution in [3.05, 3.63) is 35.9 Å². The molecule has 4 nitrogen and oxygen atoms in total. The van der Waals surface area contributed by atoms with E-state index in [9.17, 15) is 4.79 Å². The SMILES string of the molecule is O=C(C1CCCO1)N1CCOCC1c1ccccc1. The van der Waals surface area contributed by atoms with Crippen LogP contribution in [0.25, 0.3) is 0 Å². The first-order valence-corrected chi connectivity index (χ1v) is 6.91. The molecule has 2 unspecified atom stereocenters. The lowest BCUT2D eigenvalue weighted by molar-refractivity contribution is -0.150. The van der Waals surface area contributed by atoms with Crippen molar-refractivity contribution in [1.29, 1.82) is 0 Å². The molecule has 2 aliphatic rings. The van der Waals surface area contributed by atoms with Crippen LogP contribution in [0.4, 0.5) is 0 Å². The van der Waals surface area contributed by atoms with Crippen molar-refractivity contribution in [2.24, 2.45) is 0 Å². The largest absolute Gasteiger partial charge is 0.377 e. The highest BCUT2D eigenvalue weighted by Gasteiger charge is 2.34. The van der Waals surface area contributed by atoms with Crippen LogP contribution in [0.1, 0.15) is 24.4 Å². The summed E-state index contributed by atoms with van der Waals surface area (Å²) < 4.78 is 11.1. The van der Waals surface area contributed by atoms with Crippen LogP contribution in [0.2, 0.25) is 0 Å². The van der Waals surface area contributed by atoms with E-state index in [1.165, 1.54) is 0 Å². The van der Waals surface area contributed by atoms with Gasteiger partial charge in [-0.05, 0) is 18.4 Å². The predicted octanol–water partition coefficient (Wildman–Crippen LogP) is 1.77. The van der Waals surface area contributed by atoms with Crippen molar-refractivity contribution in [1.82, 2.24) is 4.90 Å². The lowest BCUT2D eigenvalue weighted by Crippen LogP contribution is -2.47. The number of hydrogen-bond donors (Lipinski definition) is 0. The van der Waals surface area contributed by atoms with Gasteiger partial charge in [-0.3, -0.25) is 4.79 Å². The van der Waals surface area contributed by atoms with Crippen molar-refractivity contribution < 1.29 is 14.3 Å². The highest BCUT2D eigenvalue weighted by Crippen LogP contribution is 2.26. The number of rotatable bonds is 2. The molecule has 102 valence electrons. The van der Waals surface area contributed by atoms with Crippen LogP contribution in [0.3, 0.4) is 0 Å². The molecule has 2 fully saturated rings. The Bertz CT molecular complexity index is 428. The number of hydrogen-bond acceptors (Lipinski definition) is 3. The zero-order valence-electron chi connectivity index (χ0n) is 11.0. The molecule has 19 heavy (non-hydrogen) atoms. The second-order valence-electron chi connectivity index (χ2n) is 5.03. The fraction of sp³-hybridized carbons (Fsp3) is 0.533. The normalized spacial score (nSPS) is 27.5. The molecule has 0 N–H and O–H groups in total. The third-order valence-electron chi connectivity index (χ3n) is 3.80. The topological polar surface area (TPSA) is 38.8 Å². The molecule has 0 radical (unpaired) electrons. The van der Waals surface area contributed by atoms with Gasteiger partial charge >= 0.3 is 0 Å². The molecule has 2 atom stereocenters. The van der Waals surface area contributed by atoms with Crippen molar-refractivity contribution >= 4 is 5.91 Å². The van der Waals surface area contributed by atoms with Gasteiger partial charge in [0.25, 0.3) is 5.91 Å². The first kappa shape index (κ1) is 12.6. The Labute approximate surface area is 113 Å². The summed E-state index contributed by atoms with van der Waals surface area (Å²) in [5, 5.41) is 0. The van der Waals surface area contributed by atoms with Crippen molar-refractivity contribution in [3.63, 3.8) is 0 Å². The Morgan fingerprint density at radius 2 is 2.05 bits per heavy atom. The first-order valence-electron chi connectivity index (χ1n) is 6.91. The molecule has 3 rings (SSSR count). The fourth-order valence-electron chi connectivity index (χ4n) is 2.78. The Hall–Kier alpha value is -1.39. The van der Waals surface area contributed by atoms with Gasteiger partial charge in [0, 0.05) is 13.2 Å². The summed E-state index contributed by atoms with van der Waals surface area (Å²) in [5.41, 5.74) is 1.13. The summed E-state index contributed by atoms with van der Waals surface area (Å²) in [6.07, 6.45) is 1.58. The lowest BCUT2D eigenvalue weighted by Gasteiger charge is -2.37. The minimum Gasteiger partial charge on any atom is -0.377 e. The average Bonchev–Trinajstić information content (AvgIpc) is 3.02. The van der Waals surface area contributed by atoms with Gasteiger partial charge in [0.1, 0.15) is 6.10 Å². The van der Waals surface area contributed by atoms with Gasteiger partial charge in [0.15, 0.2) is 0 Å². The highest BCUT2D eigenvalue weighted by molar-refractivity contribution is 5.81. The third-order valence-corrected chi connectivity index (χ3v) is 3.80. The van der Waals surface area contributed by atoms with Crippen LogP contribution >= 0.6 is 0 Å². The second kappa shape index (κ2) is 5.72. The van der Waals surface area contributed by atoms with Crippen LogP contribution < -0.4 is 0 Å². The summed E-state index contributed by atoms with van der Waals surface area (Å²) in [7, 11) is 0. The molecule has 1 amide bonds. The van der Waals surface area contributed by atoms with Crippen LogP contribution in [0, 0.1) is 0 Å². The maximum Gasteiger partial charge on any atom is 0.252 e. The minimum absolute atomic E-state index is 0.0200. The molecule has 1 aromatic rings. The Kier molecular flexibility index (Phi) is 3.80. The molecule has 4 heteroatoms. The van der Waals surface area contributed by atoms with E-state index >= 15 is 0 Å². The molecule has 0 aliphatic carbocycles. The van der Waals surface area contributed by atoms with Gasteiger partial charge in [-0.25, -0.2) is 0 Å². The summed E-state index contributed by atoms with van der Waals surface area (Å²) in [6.45, 7) is 2.54. The van der Waals surface area contributed by atoms with E-state index < -0.39 is 0 Å². The molecular weight excluding hydrogens is 242 g/mol. The Morgan fingerprint density at radius 1 is 1.21 bits per heavy atom. The summed E-state index contributed by atoms with van der Waals surface area (Å²) >= 11 is 0. The molecular formula is C15H19NO3. The van der Waals surface area contributed by atoms with E-state index in [-0.39, 0.29) is 18.1 Å². The highest BCUT2D eigenvalue weighted by atomic mass is 16.5. The maximum absolute atomic E-state index is 12.5. The number of carbonyl (C=O) groups is 1. The predicted molar refractivity (Wildman–Crippen MR) is 70.7 cm³/mol. The van der Waals surface area contributed by atoms with Crippen LogP contribution in [-0.2, 0) is 14.3 Å². The second-order valence-corrected chi connectivity index (χ2v) is 5.03. The molecule has 0 spiro atoms. The monoisotopic (exact) mass is 261 g/mol. The number of benzene rings is 1. The van der Waals surface area contributed by atoms with E-state index in [1.54, 1.807) is 0 Å². The van der Waals surface area contributed by atoms with Crippen LogP contribution in [0.15, 0.2) is 30.3 Å². The van der Waals surface area contributed by atoms with E-state index in [1.807, 2.05) is 23.1 Å². The van der Waals surface area contributed by atoms with Crippen molar-refractivity contribution in [2.45, 2.75) is 25.0 Å². The lowest BCUT2D eigenvalue weighted by atomic mass is 10.0. The minimum atomic E-state index is -0.246. The molecule has 2 saturated heterocycles. The fourth-order valence-corrected chi connectivity index (χ4v) is 2.78. The zero-order valence-corrected chi connectivity index (χ0v) is 11.0. The molecule has 1 aromatic carbocycles. The van der Waals surface area contributed by atoms with Crippen LogP contribution in [0.5, 0.6) is 0 Å². The molecule has 2 heterocycles. The third kappa shape index (κ3) is 2.65. The van der Waals surface area contributed by atoms with Gasteiger partial charge < -0.3 is 14.4 Å². The zero-order chi connectivity index (χ0) is 13.1. The molecule has 2 aliphatic heterocycles. The quantitative estimate of drug-likeness (QED) is 0.814. The Balaban J connectivity index is 1.79. The number of ether oxygens (including phenoxy) is 2.